The van der Waals surface area contributed by atoms with Crippen molar-refractivity contribution in [2.75, 3.05) is 12.3 Å². The molecule has 2 rings (SSSR count). The minimum absolute atomic E-state index is 0. The van der Waals surface area contributed by atoms with Gasteiger partial charge in [-0.25, -0.2) is 0 Å². The van der Waals surface area contributed by atoms with E-state index in [1.165, 1.54) is 5.56 Å². The second-order valence-electron chi connectivity index (χ2n) is 6.96. The molecule has 28 heavy (non-hydrogen) atoms. The minimum atomic E-state index is -0.119. The molecular weight excluding hydrogens is 393 g/mol. The fourth-order valence-corrected chi connectivity index (χ4v) is 3.19. The second-order valence-corrected chi connectivity index (χ2v) is 6.96. The van der Waals surface area contributed by atoms with Crippen molar-refractivity contribution in [3.05, 3.63) is 65.7 Å². The Morgan fingerprint density at radius 1 is 1.00 bits per heavy atom. The number of halogens is 2. The SMILES string of the molecule is CCC(CC)(CNC(=O)Cc1ccc(N)cc1)NC(C)c1ccccc1.Cl.Cl. The highest BCUT2D eigenvalue weighted by atomic mass is 35.5. The molecule has 0 spiro atoms. The highest BCUT2D eigenvalue weighted by Gasteiger charge is 2.28. The molecular formula is C22H33Cl2N3O. The van der Waals surface area contributed by atoms with E-state index in [4.69, 9.17) is 5.73 Å². The molecule has 0 aliphatic heterocycles. The maximum Gasteiger partial charge on any atom is 0.224 e. The van der Waals surface area contributed by atoms with Crippen LogP contribution in [0.2, 0.25) is 0 Å². The third-order valence-corrected chi connectivity index (χ3v) is 5.14. The third kappa shape index (κ3) is 7.70. The predicted octanol–water partition coefficient (Wildman–Crippen LogP) is 4.68. The molecule has 0 radical (unpaired) electrons. The maximum atomic E-state index is 12.4. The van der Waals surface area contributed by atoms with Gasteiger partial charge in [0.25, 0.3) is 0 Å². The monoisotopic (exact) mass is 425 g/mol. The molecule has 4 nitrogen and oxygen atoms in total. The molecule has 1 unspecified atom stereocenters. The summed E-state index contributed by atoms with van der Waals surface area (Å²) in [5.41, 5.74) is 8.52. The normalized spacial score (nSPS) is 11.7. The summed E-state index contributed by atoms with van der Waals surface area (Å²) < 4.78 is 0. The van der Waals surface area contributed by atoms with E-state index in [0.29, 0.717) is 18.7 Å². The van der Waals surface area contributed by atoms with E-state index in [9.17, 15) is 4.79 Å². The van der Waals surface area contributed by atoms with Gasteiger partial charge in [0.1, 0.15) is 0 Å². The van der Waals surface area contributed by atoms with Crippen LogP contribution in [0.25, 0.3) is 0 Å². The summed E-state index contributed by atoms with van der Waals surface area (Å²) in [5.74, 6) is 0.0372. The van der Waals surface area contributed by atoms with E-state index in [2.05, 4.69) is 55.7 Å². The maximum absolute atomic E-state index is 12.4. The van der Waals surface area contributed by atoms with Gasteiger partial charge < -0.3 is 16.4 Å². The van der Waals surface area contributed by atoms with Gasteiger partial charge in [0.05, 0.1) is 6.42 Å². The van der Waals surface area contributed by atoms with Crippen molar-refractivity contribution in [1.29, 1.82) is 0 Å². The standard InChI is InChI=1S/C22H31N3O.2ClH/c1-4-22(5-2,25-17(3)19-9-7-6-8-10-19)16-24-21(26)15-18-11-13-20(23)14-12-18;;/h6-14,17,25H,4-5,15-16,23H2,1-3H3,(H,24,26);2*1H. The number of hydrogen-bond acceptors (Lipinski definition) is 3. The number of carbonyl (C=O) groups is 1. The lowest BCUT2D eigenvalue weighted by Crippen LogP contribution is -2.53. The van der Waals surface area contributed by atoms with Gasteiger partial charge >= 0.3 is 0 Å². The van der Waals surface area contributed by atoms with Gasteiger partial charge in [-0.2, -0.15) is 0 Å². The lowest BCUT2D eigenvalue weighted by atomic mass is 9.90. The Kier molecular flexibility index (Phi) is 11.9. The molecule has 6 heteroatoms. The van der Waals surface area contributed by atoms with Crippen LogP contribution in [-0.2, 0) is 11.2 Å². The zero-order chi connectivity index (χ0) is 19.0. The molecule has 2 aromatic carbocycles. The molecule has 0 fully saturated rings. The molecule has 0 aromatic heterocycles. The number of carbonyl (C=O) groups excluding carboxylic acids is 1. The average Bonchev–Trinajstić information content (AvgIpc) is 2.67. The largest absolute Gasteiger partial charge is 0.399 e. The summed E-state index contributed by atoms with van der Waals surface area (Å²) in [6.45, 7) is 7.12. The number of hydrogen-bond donors (Lipinski definition) is 3. The molecule has 0 heterocycles. The molecule has 1 atom stereocenters. The fraction of sp³-hybridized carbons (Fsp3) is 0.409. The van der Waals surface area contributed by atoms with Crippen LogP contribution in [0.3, 0.4) is 0 Å². The Hall–Kier alpha value is -1.75. The van der Waals surface area contributed by atoms with Crippen molar-refractivity contribution in [1.82, 2.24) is 10.6 Å². The van der Waals surface area contributed by atoms with Crippen molar-refractivity contribution >= 4 is 36.4 Å². The summed E-state index contributed by atoms with van der Waals surface area (Å²) in [6, 6.07) is 18.1. The van der Waals surface area contributed by atoms with Crippen molar-refractivity contribution < 1.29 is 4.79 Å². The van der Waals surface area contributed by atoms with Crippen LogP contribution in [0.4, 0.5) is 5.69 Å². The van der Waals surface area contributed by atoms with Crippen molar-refractivity contribution in [2.24, 2.45) is 0 Å². The van der Waals surface area contributed by atoms with Crippen LogP contribution in [0, 0.1) is 0 Å². The lowest BCUT2D eigenvalue weighted by Gasteiger charge is -2.36. The van der Waals surface area contributed by atoms with Crippen molar-refractivity contribution in [3.63, 3.8) is 0 Å². The van der Waals surface area contributed by atoms with Crippen LogP contribution in [-0.4, -0.2) is 18.0 Å². The van der Waals surface area contributed by atoms with Crippen molar-refractivity contribution in [3.8, 4) is 0 Å². The molecule has 0 saturated heterocycles. The molecule has 156 valence electrons. The Morgan fingerprint density at radius 2 is 1.57 bits per heavy atom. The molecule has 0 saturated carbocycles. The number of nitrogen functional groups attached to an aromatic ring is 1. The summed E-state index contributed by atoms with van der Waals surface area (Å²) in [5, 5.41) is 6.85. The molecule has 0 aliphatic rings. The third-order valence-electron chi connectivity index (χ3n) is 5.14. The summed E-state index contributed by atoms with van der Waals surface area (Å²) in [6.07, 6.45) is 2.27. The molecule has 2 aromatic rings. The van der Waals surface area contributed by atoms with E-state index < -0.39 is 0 Å². The summed E-state index contributed by atoms with van der Waals surface area (Å²) in [7, 11) is 0. The Bertz CT molecular complexity index is 689. The second kappa shape index (κ2) is 12.7. The van der Waals surface area contributed by atoms with E-state index in [1.54, 1.807) is 0 Å². The average molecular weight is 426 g/mol. The van der Waals surface area contributed by atoms with Gasteiger partial charge in [-0.3, -0.25) is 4.79 Å². The van der Waals surface area contributed by atoms with Crippen LogP contribution in [0.5, 0.6) is 0 Å². The Morgan fingerprint density at radius 3 is 2.11 bits per heavy atom. The Labute approximate surface area is 181 Å². The molecule has 4 N–H and O–H groups in total. The number of amides is 1. The van der Waals surface area contributed by atoms with Crippen LogP contribution < -0.4 is 16.4 Å². The Balaban J connectivity index is 0.00000364. The highest BCUT2D eigenvalue weighted by Crippen LogP contribution is 2.21. The smallest absolute Gasteiger partial charge is 0.224 e. The summed E-state index contributed by atoms with van der Waals surface area (Å²) >= 11 is 0. The topological polar surface area (TPSA) is 67.2 Å². The molecule has 0 bridgehead atoms. The first kappa shape index (κ1) is 26.2. The minimum Gasteiger partial charge on any atom is -0.399 e. The number of anilines is 1. The number of nitrogens with two attached hydrogens (primary N) is 1. The lowest BCUT2D eigenvalue weighted by molar-refractivity contribution is -0.120. The van der Waals surface area contributed by atoms with Crippen LogP contribution in [0.1, 0.15) is 50.8 Å². The van der Waals surface area contributed by atoms with E-state index in [-0.39, 0.29) is 42.3 Å². The quantitative estimate of drug-likeness (QED) is 0.510. The highest BCUT2D eigenvalue weighted by molar-refractivity contribution is 5.85. The number of rotatable bonds is 9. The zero-order valence-electron chi connectivity index (χ0n) is 16.9. The van der Waals surface area contributed by atoms with Gasteiger partial charge in [0, 0.05) is 23.8 Å². The van der Waals surface area contributed by atoms with E-state index in [1.807, 2.05) is 30.3 Å². The van der Waals surface area contributed by atoms with Crippen molar-refractivity contribution in [2.45, 2.75) is 51.6 Å². The first-order valence-electron chi connectivity index (χ1n) is 9.42. The summed E-state index contributed by atoms with van der Waals surface area (Å²) in [4.78, 5) is 12.4. The molecule has 1 amide bonds. The first-order chi connectivity index (χ1) is 12.5. The van der Waals surface area contributed by atoms with Gasteiger partial charge in [0.2, 0.25) is 5.91 Å². The zero-order valence-corrected chi connectivity index (χ0v) is 18.5. The van der Waals surface area contributed by atoms with Gasteiger partial charge in [-0.05, 0) is 43.0 Å². The predicted molar refractivity (Wildman–Crippen MR) is 123 cm³/mol. The van der Waals surface area contributed by atoms with Gasteiger partial charge in [-0.1, -0.05) is 56.3 Å². The van der Waals surface area contributed by atoms with Crippen LogP contribution in [0.15, 0.2) is 54.6 Å². The number of nitrogens with one attached hydrogen (secondary N) is 2. The van der Waals surface area contributed by atoms with Gasteiger partial charge in [-0.15, -0.1) is 24.8 Å². The van der Waals surface area contributed by atoms with Gasteiger partial charge in [0.15, 0.2) is 0 Å². The van der Waals surface area contributed by atoms with E-state index >= 15 is 0 Å². The first-order valence-corrected chi connectivity index (χ1v) is 9.42. The van der Waals surface area contributed by atoms with E-state index in [0.717, 1.165) is 18.4 Å². The van der Waals surface area contributed by atoms with Crippen LogP contribution >= 0.6 is 24.8 Å². The molecule has 0 aliphatic carbocycles. The number of benzene rings is 2. The fourth-order valence-electron chi connectivity index (χ4n) is 3.19.